The van der Waals surface area contributed by atoms with Crippen molar-refractivity contribution in [2.45, 2.75) is 65.3 Å². The summed E-state index contributed by atoms with van der Waals surface area (Å²) in [5.41, 5.74) is 3.12. The van der Waals surface area contributed by atoms with Crippen molar-refractivity contribution < 1.29 is 41.8 Å². The van der Waals surface area contributed by atoms with Crippen molar-refractivity contribution in [2.75, 3.05) is 0 Å². The number of ketones is 1. The average molecular weight is 748 g/mol. The van der Waals surface area contributed by atoms with Gasteiger partial charge in [-0.3, -0.25) is 14.4 Å². The molecule has 2 atom stereocenters. The summed E-state index contributed by atoms with van der Waals surface area (Å²) in [6.07, 6.45) is -1.78. The van der Waals surface area contributed by atoms with Crippen LogP contribution in [0.15, 0.2) is 85.2 Å². The summed E-state index contributed by atoms with van der Waals surface area (Å²) in [6.45, 7) is 8.99. The number of carboxylic acids is 1. The molecule has 0 aliphatic heterocycles. The molecule has 5 aromatic rings. The molecule has 0 aliphatic rings. The number of rotatable bonds is 12. The molecule has 0 bridgehead atoms. The Bertz CT molecular complexity index is 2120. The summed E-state index contributed by atoms with van der Waals surface area (Å²) in [7, 11) is 0. The van der Waals surface area contributed by atoms with Gasteiger partial charge in [-0.1, -0.05) is 63.2 Å². The van der Waals surface area contributed by atoms with E-state index in [-0.39, 0.29) is 40.9 Å². The van der Waals surface area contributed by atoms with Gasteiger partial charge in [0.2, 0.25) is 5.91 Å². The van der Waals surface area contributed by atoms with E-state index in [9.17, 15) is 32.7 Å². The number of nitrogens with zero attached hydrogens (tertiary/aromatic N) is 2. The van der Waals surface area contributed by atoms with Gasteiger partial charge >= 0.3 is 12.3 Å². The fourth-order valence-electron chi connectivity index (χ4n) is 5.55. The molecule has 0 spiro atoms. The number of aliphatic carboxylic acids is 1. The van der Waals surface area contributed by atoms with Crippen LogP contribution in [0.4, 0.5) is 17.6 Å². The molecule has 0 saturated carbocycles. The monoisotopic (exact) mass is 747 g/mol. The minimum Gasteiger partial charge on any atom is -0.480 e. The highest BCUT2D eigenvalue weighted by atomic mass is 32.1. The van der Waals surface area contributed by atoms with E-state index >= 15 is 4.39 Å². The molecule has 8 nitrogen and oxygen atoms in total. The first-order chi connectivity index (χ1) is 24.9. The fraction of sp³-hybridized carbons (Fsp3) is 0.275. The quantitative estimate of drug-likeness (QED) is 0.0965. The molecule has 0 unspecified atom stereocenters. The Balaban J connectivity index is 1.29. The van der Waals surface area contributed by atoms with Crippen molar-refractivity contribution in [3.05, 3.63) is 112 Å². The topological polar surface area (TPSA) is 118 Å². The van der Waals surface area contributed by atoms with Crippen LogP contribution >= 0.6 is 11.3 Å². The first kappa shape index (κ1) is 38.8. The number of amides is 1. The van der Waals surface area contributed by atoms with Gasteiger partial charge < -0.3 is 15.2 Å². The highest BCUT2D eigenvalue weighted by Gasteiger charge is 2.32. The van der Waals surface area contributed by atoms with Crippen LogP contribution in [0.2, 0.25) is 0 Å². The number of carboxylic acid groups (broad SMARTS) is 1. The van der Waals surface area contributed by atoms with Gasteiger partial charge in [0.25, 0.3) is 0 Å². The van der Waals surface area contributed by atoms with Gasteiger partial charge in [-0.05, 0) is 78.3 Å². The third-order valence-corrected chi connectivity index (χ3v) is 10.1. The molecule has 0 saturated heterocycles. The largest absolute Gasteiger partial charge is 0.573 e. The molecular weight excluding hydrogens is 711 g/mol. The minimum absolute atomic E-state index is 0.102. The van der Waals surface area contributed by atoms with E-state index < -0.39 is 36.0 Å². The molecule has 2 aromatic heterocycles. The highest BCUT2D eigenvalue weighted by molar-refractivity contribution is 7.14. The number of benzene rings is 3. The standard InChI is InChI=1S/C40H37F4N3O5S/c1-22-16-26(11-13-33(22)52-40(42,43)44)27-10-12-30(31(41)18-27)29-20-45-36(46-21-29)25-8-6-24(7-9-25)17-28(37(49)47-23(2)38(50)51)19-32(48)34-14-15-35(53-34)39(3,4)5/h6-16,18,20-21,23,28H,17,19H2,1-5H3,(H,47,49)(H,50,51)/t23-,28-/m1/s1. The molecule has 3 aromatic carbocycles. The Morgan fingerprint density at radius 2 is 1.49 bits per heavy atom. The van der Waals surface area contributed by atoms with E-state index in [2.05, 4.69) is 40.8 Å². The van der Waals surface area contributed by atoms with Crippen LogP contribution in [0.1, 0.15) is 59.8 Å². The summed E-state index contributed by atoms with van der Waals surface area (Å²) in [6, 6.07) is 18.2. The van der Waals surface area contributed by atoms with Gasteiger partial charge in [-0.15, -0.1) is 24.5 Å². The molecule has 0 fully saturated rings. The van der Waals surface area contributed by atoms with Crippen LogP contribution < -0.4 is 10.1 Å². The highest BCUT2D eigenvalue weighted by Crippen LogP contribution is 2.34. The number of nitrogens with one attached hydrogen (secondary N) is 1. The van der Waals surface area contributed by atoms with Crippen molar-refractivity contribution in [1.82, 2.24) is 15.3 Å². The maximum Gasteiger partial charge on any atom is 0.573 e. The maximum atomic E-state index is 15.3. The molecule has 0 radical (unpaired) electrons. The van der Waals surface area contributed by atoms with Crippen molar-refractivity contribution >= 4 is 29.0 Å². The number of thiophene rings is 1. The molecule has 53 heavy (non-hydrogen) atoms. The third-order valence-electron chi connectivity index (χ3n) is 8.51. The Morgan fingerprint density at radius 3 is 2.06 bits per heavy atom. The summed E-state index contributed by atoms with van der Waals surface area (Å²) in [4.78, 5) is 48.3. The lowest BCUT2D eigenvalue weighted by Crippen LogP contribution is -2.42. The van der Waals surface area contributed by atoms with Gasteiger partial charge in [0.1, 0.15) is 17.6 Å². The molecule has 0 aliphatic carbocycles. The van der Waals surface area contributed by atoms with E-state index in [4.69, 9.17) is 0 Å². The lowest BCUT2D eigenvalue weighted by atomic mass is 9.92. The number of hydrogen-bond acceptors (Lipinski definition) is 7. The average Bonchev–Trinajstić information content (AvgIpc) is 3.61. The van der Waals surface area contributed by atoms with Gasteiger partial charge in [0.15, 0.2) is 11.6 Å². The molecular formula is C40H37F4N3O5S. The Kier molecular flexibility index (Phi) is 11.5. The van der Waals surface area contributed by atoms with E-state index in [1.54, 1.807) is 42.5 Å². The van der Waals surface area contributed by atoms with Crippen LogP contribution in [0.5, 0.6) is 5.75 Å². The first-order valence-corrected chi connectivity index (χ1v) is 17.4. The maximum absolute atomic E-state index is 15.3. The van der Waals surface area contributed by atoms with Crippen molar-refractivity contribution in [3.8, 4) is 39.4 Å². The van der Waals surface area contributed by atoms with Gasteiger partial charge in [0.05, 0.1) is 4.88 Å². The Labute approximate surface area is 307 Å². The predicted molar refractivity (Wildman–Crippen MR) is 194 cm³/mol. The number of ether oxygens (including phenoxy) is 1. The van der Waals surface area contributed by atoms with E-state index in [0.29, 0.717) is 33.0 Å². The number of hydrogen-bond donors (Lipinski definition) is 2. The van der Waals surface area contributed by atoms with E-state index in [1.165, 1.54) is 61.8 Å². The van der Waals surface area contributed by atoms with Gasteiger partial charge in [-0.2, -0.15) is 0 Å². The zero-order chi connectivity index (χ0) is 38.7. The number of alkyl halides is 3. The molecule has 5 rings (SSSR count). The van der Waals surface area contributed by atoms with Crippen LogP contribution in [0, 0.1) is 18.7 Å². The summed E-state index contributed by atoms with van der Waals surface area (Å²) < 4.78 is 57.2. The van der Waals surface area contributed by atoms with E-state index in [1.807, 2.05) is 6.07 Å². The molecule has 2 heterocycles. The lowest BCUT2D eigenvalue weighted by Gasteiger charge is -2.18. The fourth-order valence-corrected chi connectivity index (χ4v) is 6.57. The second-order valence-corrected chi connectivity index (χ2v) is 14.8. The lowest BCUT2D eigenvalue weighted by molar-refractivity contribution is -0.274. The minimum atomic E-state index is -4.82. The zero-order valence-corrected chi connectivity index (χ0v) is 30.4. The van der Waals surface area contributed by atoms with Crippen molar-refractivity contribution in [1.29, 1.82) is 0 Å². The Morgan fingerprint density at radius 1 is 0.868 bits per heavy atom. The third kappa shape index (κ3) is 9.92. The van der Waals surface area contributed by atoms with Crippen LogP contribution in [-0.2, 0) is 21.4 Å². The van der Waals surface area contributed by atoms with Gasteiger partial charge in [-0.25, -0.2) is 14.4 Å². The Hall–Kier alpha value is -5.43. The number of carbonyl (C=O) groups excluding carboxylic acids is 2. The number of aromatic nitrogens is 2. The molecule has 13 heteroatoms. The number of aryl methyl sites for hydroxylation is 1. The zero-order valence-electron chi connectivity index (χ0n) is 29.5. The van der Waals surface area contributed by atoms with Gasteiger partial charge in [0, 0.05) is 46.3 Å². The normalized spacial score (nSPS) is 12.9. The summed E-state index contributed by atoms with van der Waals surface area (Å²) >= 11 is 1.39. The number of carbonyl (C=O) groups is 3. The SMILES string of the molecule is Cc1cc(-c2ccc(-c3cnc(-c4ccc(C[C@H](CC(=O)c5ccc(C(C)(C)C)s5)C(=O)N[C@H](C)C(=O)O)cc4)nc3)c(F)c2)ccc1OC(F)(F)F. The predicted octanol–water partition coefficient (Wildman–Crippen LogP) is 9.20. The second kappa shape index (κ2) is 15.7. The second-order valence-electron chi connectivity index (χ2n) is 13.7. The number of Topliss-reactive ketones (excluding diaryl/α,β-unsaturated/α-hetero) is 1. The smallest absolute Gasteiger partial charge is 0.480 e. The van der Waals surface area contributed by atoms with Crippen LogP contribution in [-0.4, -0.2) is 45.1 Å². The first-order valence-electron chi connectivity index (χ1n) is 16.6. The summed E-state index contributed by atoms with van der Waals surface area (Å²) in [5.74, 6) is -3.28. The van der Waals surface area contributed by atoms with E-state index in [0.717, 1.165) is 10.4 Å². The van der Waals surface area contributed by atoms with Crippen molar-refractivity contribution in [3.63, 3.8) is 0 Å². The summed E-state index contributed by atoms with van der Waals surface area (Å²) in [5, 5.41) is 11.8. The molecule has 1 amide bonds. The van der Waals surface area contributed by atoms with Crippen molar-refractivity contribution in [2.24, 2.45) is 5.92 Å². The molecule has 2 N–H and O–H groups in total. The molecule has 276 valence electrons. The van der Waals surface area contributed by atoms with Crippen LogP contribution in [0.25, 0.3) is 33.6 Å². The number of halogens is 4. The van der Waals surface area contributed by atoms with Crippen LogP contribution in [0.3, 0.4) is 0 Å².